The molecule has 0 aliphatic carbocycles. The average molecular weight is 263 g/mol. The van der Waals surface area contributed by atoms with Crippen molar-refractivity contribution in [3.63, 3.8) is 0 Å². The highest BCUT2D eigenvalue weighted by Crippen LogP contribution is 2.33. The number of hydrogen-bond acceptors (Lipinski definition) is 5. The first-order valence-corrected chi connectivity index (χ1v) is 7.10. The van der Waals surface area contributed by atoms with Crippen molar-refractivity contribution in [2.24, 2.45) is 5.92 Å². The molecule has 1 aliphatic rings. The van der Waals surface area contributed by atoms with Crippen LogP contribution in [-0.4, -0.2) is 29.8 Å². The van der Waals surface area contributed by atoms with Crippen molar-refractivity contribution in [2.75, 3.05) is 30.3 Å². The van der Waals surface area contributed by atoms with Gasteiger partial charge in [-0.05, 0) is 37.0 Å². The number of thiazole rings is 1. The van der Waals surface area contributed by atoms with E-state index in [9.17, 15) is 0 Å². The van der Waals surface area contributed by atoms with Gasteiger partial charge in [0.05, 0.1) is 10.2 Å². The molecular formula is C13H17N3OS. The second kappa shape index (κ2) is 4.74. The van der Waals surface area contributed by atoms with E-state index in [0.29, 0.717) is 5.92 Å². The minimum atomic E-state index is 0.287. The fraction of sp³-hybridized carbons (Fsp3) is 0.462. The van der Waals surface area contributed by atoms with Gasteiger partial charge in [0, 0.05) is 25.4 Å². The van der Waals surface area contributed by atoms with Gasteiger partial charge in [0.25, 0.3) is 0 Å². The molecule has 0 spiro atoms. The first-order chi connectivity index (χ1) is 8.76. The number of nitrogens with two attached hydrogens (primary N) is 1. The summed E-state index contributed by atoms with van der Waals surface area (Å²) in [5, 5.41) is 10.1. The fourth-order valence-corrected chi connectivity index (χ4v) is 3.54. The van der Waals surface area contributed by atoms with Crippen LogP contribution >= 0.6 is 11.3 Å². The summed E-state index contributed by atoms with van der Waals surface area (Å²) in [6, 6.07) is 5.86. The number of rotatable bonds is 3. The summed E-state index contributed by atoms with van der Waals surface area (Å²) in [5.41, 5.74) is 7.60. The second-order valence-electron chi connectivity index (χ2n) is 4.84. The van der Waals surface area contributed by atoms with Gasteiger partial charge in [-0.15, -0.1) is 0 Å². The lowest BCUT2D eigenvalue weighted by Crippen LogP contribution is -2.19. The summed E-state index contributed by atoms with van der Waals surface area (Å²) >= 11 is 1.70. The van der Waals surface area contributed by atoms with E-state index in [1.54, 1.807) is 11.3 Å². The summed E-state index contributed by atoms with van der Waals surface area (Å²) in [6.07, 6.45) is 2.05. The third-order valence-corrected chi connectivity index (χ3v) is 4.57. The number of aliphatic hydroxyl groups is 1. The van der Waals surface area contributed by atoms with E-state index in [1.165, 1.54) is 0 Å². The van der Waals surface area contributed by atoms with Crippen LogP contribution in [0.3, 0.4) is 0 Å². The van der Waals surface area contributed by atoms with Gasteiger partial charge >= 0.3 is 0 Å². The molecule has 5 heteroatoms. The van der Waals surface area contributed by atoms with Gasteiger partial charge in [-0.25, -0.2) is 4.98 Å². The van der Waals surface area contributed by atoms with E-state index in [-0.39, 0.29) is 6.61 Å². The largest absolute Gasteiger partial charge is 0.399 e. The molecule has 0 radical (unpaired) electrons. The van der Waals surface area contributed by atoms with Crippen LogP contribution in [-0.2, 0) is 0 Å². The Balaban J connectivity index is 1.82. The van der Waals surface area contributed by atoms with Crippen LogP contribution in [0.25, 0.3) is 10.2 Å². The maximum absolute atomic E-state index is 8.98. The van der Waals surface area contributed by atoms with Crippen LogP contribution in [0.1, 0.15) is 12.8 Å². The number of fused-ring (bicyclic) bond motifs is 1. The third kappa shape index (κ3) is 2.15. The predicted molar refractivity (Wildman–Crippen MR) is 76.1 cm³/mol. The van der Waals surface area contributed by atoms with E-state index in [2.05, 4.69) is 9.88 Å². The number of benzene rings is 1. The van der Waals surface area contributed by atoms with Crippen LogP contribution in [0.15, 0.2) is 18.2 Å². The predicted octanol–water partition coefficient (Wildman–Crippen LogP) is 2.09. The Morgan fingerprint density at radius 2 is 2.39 bits per heavy atom. The summed E-state index contributed by atoms with van der Waals surface area (Å²) < 4.78 is 1.15. The number of aliphatic hydroxyl groups excluding tert-OH is 1. The van der Waals surface area contributed by atoms with Crippen molar-refractivity contribution in [1.29, 1.82) is 0 Å². The Morgan fingerprint density at radius 3 is 3.22 bits per heavy atom. The van der Waals surface area contributed by atoms with Crippen LogP contribution in [0.2, 0.25) is 0 Å². The van der Waals surface area contributed by atoms with Crippen molar-refractivity contribution in [1.82, 2.24) is 4.98 Å². The van der Waals surface area contributed by atoms with Gasteiger partial charge < -0.3 is 15.7 Å². The highest BCUT2D eigenvalue weighted by atomic mass is 32.1. The van der Waals surface area contributed by atoms with Crippen LogP contribution in [0.5, 0.6) is 0 Å². The molecule has 1 saturated heterocycles. The van der Waals surface area contributed by atoms with E-state index >= 15 is 0 Å². The smallest absolute Gasteiger partial charge is 0.186 e. The molecule has 1 aromatic carbocycles. The molecule has 0 saturated carbocycles. The van der Waals surface area contributed by atoms with Crippen LogP contribution in [0, 0.1) is 5.92 Å². The first kappa shape index (κ1) is 11.7. The molecule has 96 valence electrons. The highest BCUT2D eigenvalue weighted by molar-refractivity contribution is 7.22. The maximum atomic E-state index is 8.98. The number of aromatic nitrogens is 1. The summed E-state index contributed by atoms with van der Waals surface area (Å²) in [7, 11) is 0. The van der Waals surface area contributed by atoms with Gasteiger partial charge in [0.2, 0.25) is 0 Å². The zero-order valence-electron chi connectivity index (χ0n) is 10.2. The number of anilines is 2. The van der Waals surface area contributed by atoms with Gasteiger partial charge in [-0.2, -0.15) is 0 Å². The molecule has 1 aromatic heterocycles. The van der Waals surface area contributed by atoms with E-state index in [1.807, 2.05) is 18.2 Å². The molecular weight excluding hydrogens is 246 g/mol. The van der Waals surface area contributed by atoms with Crippen molar-refractivity contribution in [2.45, 2.75) is 12.8 Å². The molecule has 1 unspecified atom stereocenters. The Labute approximate surface area is 110 Å². The normalized spacial score (nSPS) is 19.8. The van der Waals surface area contributed by atoms with Crippen LogP contribution in [0.4, 0.5) is 10.8 Å². The number of nitrogens with zero attached hydrogens (tertiary/aromatic N) is 2. The minimum Gasteiger partial charge on any atom is -0.399 e. The lowest BCUT2D eigenvalue weighted by molar-refractivity contribution is 0.263. The van der Waals surface area contributed by atoms with E-state index in [4.69, 9.17) is 10.8 Å². The highest BCUT2D eigenvalue weighted by Gasteiger charge is 2.24. The molecule has 3 N–H and O–H groups in total. The summed E-state index contributed by atoms with van der Waals surface area (Å²) in [5.74, 6) is 0.604. The van der Waals surface area contributed by atoms with Gasteiger partial charge in [0.1, 0.15) is 0 Å². The number of hydrogen-bond donors (Lipinski definition) is 2. The summed E-state index contributed by atoms with van der Waals surface area (Å²) in [4.78, 5) is 6.98. The molecule has 1 fully saturated rings. The molecule has 1 aliphatic heterocycles. The standard InChI is InChI=1S/C13H17N3OS/c14-10-1-2-11-12(7-10)18-13(15-11)16-5-3-9(8-16)4-6-17/h1-2,7,9,17H,3-6,8,14H2. The lowest BCUT2D eigenvalue weighted by atomic mass is 10.1. The van der Waals surface area contributed by atoms with Crippen molar-refractivity contribution in [3.8, 4) is 0 Å². The Hall–Kier alpha value is -1.33. The quantitative estimate of drug-likeness (QED) is 0.832. The fourth-order valence-electron chi connectivity index (χ4n) is 2.49. The van der Waals surface area contributed by atoms with E-state index in [0.717, 1.165) is 47.0 Å². The molecule has 1 atom stereocenters. The first-order valence-electron chi connectivity index (χ1n) is 6.28. The zero-order valence-corrected chi connectivity index (χ0v) is 11.0. The Kier molecular flexibility index (Phi) is 3.09. The monoisotopic (exact) mass is 263 g/mol. The molecule has 2 aromatic rings. The van der Waals surface area contributed by atoms with Gasteiger partial charge in [-0.1, -0.05) is 11.3 Å². The molecule has 0 amide bonds. The van der Waals surface area contributed by atoms with Crippen molar-refractivity contribution < 1.29 is 5.11 Å². The lowest BCUT2D eigenvalue weighted by Gasteiger charge is -2.14. The molecule has 4 nitrogen and oxygen atoms in total. The van der Waals surface area contributed by atoms with E-state index < -0.39 is 0 Å². The topological polar surface area (TPSA) is 62.4 Å². The van der Waals surface area contributed by atoms with Crippen molar-refractivity contribution >= 4 is 32.4 Å². The molecule has 18 heavy (non-hydrogen) atoms. The average Bonchev–Trinajstić information content (AvgIpc) is 2.94. The SMILES string of the molecule is Nc1ccc2nc(N3CCC(CCO)C3)sc2c1. The molecule has 2 heterocycles. The third-order valence-electron chi connectivity index (χ3n) is 3.49. The van der Waals surface area contributed by atoms with Gasteiger partial charge in [-0.3, -0.25) is 0 Å². The van der Waals surface area contributed by atoms with Crippen molar-refractivity contribution in [3.05, 3.63) is 18.2 Å². The second-order valence-corrected chi connectivity index (χ2v) is 5.85. The summed E-state index contributed by atoms with van der Waals surface area (Å²) in [6.45, 7) is 2.34. The minimum absolute atomic E-state index is 0.287. The zero-order chi connectivity index (χ0) is 12.5. The maximum Gasteiger partial charge on any atom is 0.186 e. The molecule has 3 rings (SSSR count). The Morgan fingerprint density at radius 1 is 1.50 bits per heavy atom. The molecule has 0 bridgehead atoms. The van der Waals surface area contributed by atoms with Crippen LogP contribution < -0.4 is 10.6 Å². The Bertz CT molecular complexity index is 554. The van der Waals surface area contributed by atoms with Gasteiger partial charge in [0.15, 0.2) is 5.13 Å². The number of nitrogen functional groups attached to an aromatic ring is 1.